The van der Waals surface area contributed by atoms with Crippen LogP contribution in [0.25, 0.3) is 0 Å². The summed E-state index contributed by atoms with van der Waals surface area (Å²) in [5.74, 6) is 1.15. The maximum atomic E-state index is 13.2. The largest absolute Gasteiger partial charge is 0.445 e. The summed E-state index contributed by atoms with van der Waals surface area (Å²) in [6.07, 6.45) is 1.15. The van der Waals surface area contributed by atoms with Crippen molar-refractivity contribution in [3.05, 3.63) is 35.9 Å². The van der Waals surface area contributed by atoms with E-state index in [1.807, 2.05) is 58.0 Å². The summed E-state index contributed by atoms with van der Waals surface area (Å²) < 4.78 is 5.31. The van der Waals surface area contributed by atoms with Gasteiger partial charge in [0.1, 0.15) is 18.7 Å². The highest BCUT2D eigenvalue weighted by Crippen LogP contribution is 2.18. The molecule has 3 amide bonds. The van der Waals surface area contributed by atoms with Crippen molar-refractivity contribution in [1.29, 1.82) is 0 Å². The third-order valence-electron chi connectivity index (χ3n) is 5.23. The van der Waals surface area contributed by atoms with E-state index >= 15 is 0 Å². The lowest BCUT2D eigenvalue weighted by Crippen LogP contribution is -2.55. The Hall–Kier alpha value is -2.22. The van der Waals surface area contributed by atoms with Gasteiger partial charge in [0, 0.05) is 0 Å². The van der Waals surface area contributed by atoms with Crippen LogP contribution in [0.15, 0.2) is 30.3 Å². The number of thioether (sulfide) groups is 1. The first-order chi connectivity index (χ1) is 16.5. The summed E-state index contributed by atoms with van der Waals surface area (Å²) in [5, 5.41) is 8.71. The summed E-state index contributed by atoms with van der Waals surface area (Å²) in [6.45, 7) is 14.4. The summed E-state index contributed by atoms with van der Waals surface area (Å²) in [7, 11) is 0. The van der Waals surface area contributed by atoms with Gasteiger partial charge >= 0.3 is 6.09 Å². The van der Waals surface area contributed by atoms with Crippen LogP contribution >= 0.6 is 11.8 Å². The fourth-order valence-corrected chi connectivity index (χ4v) is 4.77. The monoisotopic (exact) mass is 507 g/mol. The topological polar surface area (TPSA) is 96.5 Å². The quantitative estimate of drug-likeness (QED) is 0.287. The normalized spacial score (nSPS) is 13.9. The first-order valence-electron chi connectivity index (χ1n) is 12.7. The van der Waals surface area contributed by atoms with Gasteiger partial charge in [-0.1, -0.05) is 78.8 Å². The summed E-state index contributed by atoms with van der Waals surface area (Å²) in [6, 6.07) is 7.90. The number of alkyl carbamates (subject to hydrolysis) is 1. The molecule has 0 fully saturated rings. The van der Waals surface area contributed by atoms with E-state index in [-0.39, 0.29) is 35.6 Å². The highest BCUT2D eigenvalue weighted by atomic mass is 32.2. The molecule has 1 aromatic rings. The molecule has 3 N–H and O–H groups in total. The van der Waals surface area contributed by atoms with E-state index in [4.69, 9.17) is 4.74 Å². The molecule has 0 bridgehead atoms. The van der Waals surface area contributed by atoms with Crippen LogP contribution in [0.2, 0.25) is 0 Å². The van der Waals surface area contributed by atoms with E-state index in [0.717, 1.165) is 17.7 Å². The number of amides is 3. The molecule has 198 valence electrons. The highest BCUT2D eigenvalue weighted by Gasteiger charge is 2.29. The molecule has 7 nitrogen and oxygen atoms in total. The van der Waals surface area contributed by atoms with Crippen molar-refractivity contribution in [3.8, 4) is 0 Å². The maximum Gasteiger partial charge on any atom is 0.408 e. The predicted octanol–water partition coefficient (Wildman–Crippen LogP) is 5.10. The third kappa shape index (κ3) is 13.4. The number of ether oxygens (including phenoxy) is 1. The van der Waals surface area contributed by atoms with E-state index in [9.17, 15) is 14.4 Å². The molecule has 8 heteroatoms. The molecule has 0 aliphatic heterocycles. The summed E-state index contributed by atoms with van der Waals surface area (Å²) in [5.41, 5.74) is 0.863. The van der Waals surface area contributed by atoms with E-state index in [0.29, 0.717) is 18.8 Å². The van der Waals surface area contributed by atoms with Crippen LogP contribution in [0.3, 0.4) is 0 Å². The molecule has 0 heterocycles. The second kappa shape index (κ2) is 16.5. The fraction of sp³-hybridized carbons (Fsp3) is 0.667. The van der Waals surface area contributed by atoms with Crippen LogP contribution in [0.1, 0.15) is 73.3 Å². The van der Waals surface area contributed by atoms with E-state index < -0.39 is 18.2 Å². The Kier molecular flexibility index (Phi) is 14.5. The molecule has 0 aromatic heterocycles. The van der Waals surface area contributed by atoms with Gasteiger partial charge in [0.25, 0.3) is 0 Å². The third-order valence-corrected chi connectivity index (χ3v) is 6.27. The number of rotatable bonds is 15. The Balaban J connectivity index is 2.85. The van der Waals surface area contributed by atoms with Crippen LogP contribution in [0.5, 0.6) is 0 Å². The van der Waals surface area contributed by atoms with Crippen LogP contribution < -0.4 is 16.0 Å². The zero-order chi connectivity index (χ0) is 26.4. The van der Waals surface area contributed by atoms with E-state index in [1.54, 1.807) is 11.8 Å². The molecule has 0 saturated carbocycles. The highest BCUT2D eigenvalue weighted by molar-refractivity contribution is 7.99. The molecule has 0 aliphatic rings. The number of benzene rings is 1. The van der Waals surface area contributed by atoms with Gasteiger partial charge in [-0.2, -0.15) is 0 Å². The molecule has 0 saturated heterocycles. The molecular weight excluding hydrogens is 462 g/mol. The summed E-state index contributed by atoms with van der Waals surface area (Å²) in [4.78, 5) is 38.8. The van der Waals surface area contributed by atoms with Crippen molar-refractivity contribution >= 4 is 29.7 Å². The number of hydrogen-bond acceptors (Lipinski definition) is 5. The lowest BCUT2D eigenvalue weighted by molar-refractivity contribution is -0.130. The molecule has 1 aromatic carbocycles. The average Bonchev–Trinajstić information content (AvgIpc) is 2.76. The zero-order valence-electron chi connectivity index (χ0n) is 22.4. The SMILES string of the molecule is CCS[C@H](CC(C)C)NC(=O)[C@H](CC(C)C)NC(=O)[C@H](CC(C)C)NC(=O)OCc1ccccc1. The van der Waals surface area contributed by atoms with Gasteiger partial charge < -0.3 is 20.7 Å². The van der Waals surface area contributed by atoms with Crippen molar-refractivity contribution in [3.63, 3.8) is 0 Å². The standard InChI is InChI=1S/C27H45N3O4S/c1-8-35-24(16-20(6)7)30-26(32)22(14-18(2)3)28-25(31)23(15-19(4)5)29-27(33)34-17-21-12-10-9-11-13-21/h9-13,18-20,22-24H,8,14-17H2,1-7H3,(H,28,31)(H,29,33)(H,30,32)/t22-,23-,24+/m0/s1. The van der Waals surface area contributed by atoms with Crippen molar-refractivity contribution < 1.29 is 19.1 Å². The maximum absolute atomic E-state index is 13.2. The second-order valence-electron chi connectivity index (χ2n) is 10.2. The molecular formula is C27H45N3O4S. The number of nitrogens with one attached hydrogen (secondary N) is 3. The molecule has 0 aliphatic carbocycles. The van der Waals surface area contributed by atoms with Gasteiger partial charge in [-0.05, 0) is 48.3 Å². The predicted molar refractivity (Wildman–Crippen MR) is 144 cm³/mol. The molecule has 0 unspecified atom stereocenters. The van der Waals surface area contributed by atoms with Gasteiger partial charge in [-0.15, -0.1) is 11.8 Å². The molecule has 35 heavy (non-hydrogen) atoms. The second-order valence-corrected chi connectivity index (χ2v) is 11.6. The number of hydrogen-bond donors (Lipinski definition) is 3. The zero-order valence-corrected chi connectivity index (χ0v) is 23.2. The van der Waals surface area contributed by atoms with Crippen LogP contribution in [0.4, 0.5) is 4.79 Å². The molecule has 3 atom stereocenters. The number of carbonyl (C=O) groups excluding carboxylic acids is 3. The average molecular weight is 508 g/mol. The molecule has 1 rings (SSSR count). The lowest BCUT2D eigenvalue weighted by Gasteiger charge is -2.27. The first-order valence-corrected chi connectivity index (χ1v) is 13.8. The van der Waals surface area contributed by atoms with Crippen molar-refractivity contribution in [2.75, 3.05) is 5.75 Å². The summed E-state index contributed by atoms with van der Waals surface area (Å²) >= 11 is 1.70. The Morgan fingerprint density at radius 2 is 1.29 bits per heavy atom. The van der Waals surface area contributed by atoms with Crippen LogP contribution in [-0.2, 0) is 20.9 Å². The Morgan fingerprint density at radius 1 is 0.771 bits per heavy atom. The smallest absolute Gasteiger partial charge is 0.408 e. The van der Waals surface area contributed by atoms with Gasteiger partial charge in [0.05, 0.1) is 5.37 Å². The van der Waals surface area contributed by atoms with E-state index in [2.05, 4.69) is 36.7 Å². The Morgan fingerprint density at radius 3 is 1.80 bits per heavy atom. The van der Waals surface area contributed by atoms with Crippen LogP contribution in [0, 0.1) is 17.8 Å². The van der Waals surface area contributed by atoms with Gasteiger partial charge in [0.2, 0.25) is 11.8 Å². The number of carbonyl (C=O) groups is 3. The minimum Gasteiger partial charge on any atom is -0.445 e. The van der Waals surface area contributed by atoms with Gasteiger partial charge in [0.15, 0.2) is 0 Å². The molecule has 0 spiro atoms. The van der Waals surface area contributed by atoms with Crippen molar-refractivity contribution in [2.45, 2.75) is 91.8 Å². The van der Waals surface area contributed by atoms with E-state index in [1.165, 1.54) is 0 Å². The van der Waals surface area contributed by atoms with Gasteiger partial charge in [-0.25, -0.2) is 4.79 Å². The Labute approximate surface area is 215 Å². The minimum absolute atomic E-state index is 0.00313. The lowest BCUT2D eigenvalue weighted by atomic mass is 10.00. The van der Waals surface area contributed by atoms with Crippen molar-refractivity contribution in [1.82, 2.24) is 16.0 Å². The minimum atomic E-state index is -0.794. The van der Waals surface area contributed by atoms with Crippen LogP contribution in [-0.4, -0.2) is 41.1 Å². The fourth-order valence-electron chi connectivity index (χ4n) is 3.64. The first kappa shape index (κ1) is 30.8. The molecule has 0 radical (unpaired) electrons. The van der Waals surface area contributed by atoms with Crippen molar-refractivity contribution in [2.24, 2.45) is 17.8 Å². The van der Waals surface area contributed by atoms with Gasteiger partial charge in [-0.3, -0.25) is 9.59 Å². The Bertz CT molecular complexity index is 771.